The molecular formula is C11H22O7. The maximum atomic E-state index is 10.5. The summed E-state index contributed by atoms with van der Waals surface area (Å²) >= 11 is 0. The number of carboxylic acid groups (broad SMARTS) is 1. The van der Waals surface area contributed by atoms with Crippen molar-refractivity contribution in [2.75, 3.05) is 19.8 Å². The number of carbonyl (C=O) groups is 2. The molecule has 0 amide bonds. The second-order valence-corrected chi connectivity index (χ2v) is 3.57. The average Bonchev–Trinajstić information content (AvgIpc) is 2.56. The number of cyclic esters (lactones) is 1. The summed E-state index contributed by atoms with van der Waals surface area (Å²) < 4.78 is 4.76. The Kier molecular flexibility index (Phi) is 14.8. The number of hydrogen-bond acceptors (Lipinski definition) is 6. The van der Waals surface area contributed by atoms with Crippen LogP contribution in [0.4, 0.5) is 0 Å². The van der Waals surface area contributed by atoms with Crippen molar-refractivity contribution in [2.45, 2.75) is 38.7 Å². The molecule has 0 bridgehead atoms. The molecule has 108 valence electrons. The number of aliphatic carboxylic acids is 1. The molecule has 7 heteroatoms. The van der Waals surface area contributed by atoms with Crippen LogP contribution in [-0.4, -0.2) is 58.3 Å². The van der Waals surface area contributed by atoms with Crippen LogP contribution in [0.3, 0.4) is 0 Å². The number of carbonyl (C=O) groups excluding carboxylic acids is 1. The first-order valence-corrected chi connectivity index (χ1v) is 5.69. The van der Waals surface area contributed by atoms with Gasteiger partial charge >= 0.3 is 5.97 Å². The molecule has 1 aliphatic rings. The van der Waals surface area contributed by atoms with Gasteiger partial charge in [-0.15, -0.1) is 0 Å². The van der Waals surface area contributed by atoms with E-state index in [1.807, 2.05) is 0 Å². The van der Waals surface area contributed by atoms with Gasteiger partial charge in [0, 0.05) is 13.3 Å². The van der Waals surface area contributed by atoms with E-state index in [0.29, 0.717) is 13.0 Å². The molecule has 0 saturated carbocycles. The van der Waals surface area contributed by atoms with Crippen LogP contribution in [0.5, 0.6) is 0 Å². The maximum Gasteiger partial charge on any atom is 0.305 e. The third-order valence-corrected chi connectivity index (χ3v) is 1.71. The van der Waals surface area contributed by atoms with E-state index in [1.54, 1.807) is 0 Å². The lowest BCUT2D eigenvalue weighted by molar-refractivity contribution is -0.142. The minimum atomic E-state index is -0.954. The van der Waals surface area contributed by atoms with E-state index in [1.165, 1.54) is 0 Å². The summed E-state index contributed by atoms with van der Waals surface area (Å²) in [7, 11) is 0. The van der Waals surface area contributed by atoms with Gasteiger partial charge in [0.15, 0.2) is 0 Å². The number of esters is 1. The lowest BCUT2D eigenvalue weighted by Crippen LogP contribution is -2.15. The Hall–Kier alpha value is -1.18. The van der Waals surface area contributed by atoms with Crippen LogP contribution in [0, 0.1) is 0 Å². The van der Waals surface area contributed by atoms with Crippen LogP contribution < -0.4 is 0 Å². The standard InChI is InChI=1S/C6H10O2.C3H8O3.C2H4O2/c7-6-4-2-1-3-5-8-6;4-1-3(6)2-5;1-2(3)4/h1-5H2;3-6H,1-2H2;1H3,(H,3,4). The highest BCUT2D eigenvalue weighted by molar-refractivity contribution is 5.69. The molecule has 0 radical (unpaired) electrons. The summed E-state index contributed by atoms with van der Waals surface area (Å²) in [6.45, 7) is 0.992. The van der Waals surface area contributed by atoms with E-state index in [9.17, 15) is 4.79 Å². The highest BCUT2D eigenvalue weighted by Crippen LogP contribution is 2.06. The summed E-state index contributed by atoms with van der Waals surface area (Å²) in [5.74, 6) is -0.859. The fourth-order valence-corrected chi connectivity index (χ4v) is 0.864. The molecule has 0 aromatic heterocycles. The predicted octanol–water partition coefficient (Wildman–Crippen LogP) is -0.474. The highest BCUT2D eigenvalue weighted by atomic mass is 16.5. The Morgan fingerprint density at radius 1 is 1.28 bits per heavy atom. The normalized spacial score (nSPS) is 14.4. The van der Waals surface area contributed by atoms with Crippen molar-refractivity contribution < 1.29 is 34.8 Å². The fourth-order valence-electron chi connectivity index (χ4n) is 0.864. The average molecular weight is 266 g/mol. The van der Waals surface area contributed by atoms with Crippen LogP contribution >= 0.6 is 0 Å². The molecule has 0 unspecified atom stereocenters. The van der Waals surface area contributed by atoms with Crippen LogP contribution in [0.15, 0.2) is 0 Å². The molecule has 7 nitrogen and oxygen atoms in total. The van der Waals surface area contributed by atoms with Crippen molar-refractivity contribution >= 4 is 11.9 Å². The number of rotatable bonds is 2. The van der Waals surface area contributed by atoms with Crippen LogP contribution in [0.25, 0.3) is 0 Å². The SMILES string of the molecule is CC(=O)O.O=C1CCCCCO1.OCC(O)CO. The number of carboxylic acids is 1. The molecule has 1 fully saturated rings. The van der Waals surface area contributed by atoms with Crippen molar-refractivity contribution in [3.05, 3.63) is 0 Å². The first-order valence-electron chi connectivity index (χ1n) is 5.69. The molecule has 0 atom stereocenters. The highest BCUT2D eigenvalue weighted by Gasteiger charge is 2.05. The molecule has 0 aliphatic carbocycles. The van der Waals surface area contributed by atoms with Gasteiger partial charge in [-0.1, -0.05) is 0 Å². The van der Waals surface area contributed by atoms with Gasteiger partial charge in [-0.3, -0.25) is 9.59 Å². The summed E-state index contributed by atoms with van der Waals surface area (Å²) in [5, 5.41) is 31.4. The van der Waals surface area contributed by atoms with Crippen LogP contribution in [-0.2, 0) is 14.3 Å². The largest absolute Gasteiger partial charge is 0.481 e. The van der Waals surface area contributed by atoms with Gasteiger partial charge in [-0.05, 0) is 19.3 Å². The second-order valence-electron chi connectivity index (χ2n) is 3.57. The Balaban J connectivity index is 0. The minimum Gasteiger partial charge on any atom is -0.481 e. The number of aliphatic hydroxyl groups excluding tert-OH is 3. The van der Waals surface area contributed by atoms with Gasteiger partial charge in [0.05, 0.1) is 19.8 Å². The van der Waals surface area contributed by atoms with Gasteiger partial charge in [-0.2, -0.15) is 0 Å². The third-order valence-electron chi connectivity index (χ3n) is 1.71. The summed E-state index contributed by atoms with van der Waals surface area (Å²) in [4.78, 5) is 19.5. The number of ether oxygens (including phenoxy) is 1. The number of hydrogen-bond donors (Lipinski definition) is 4. The fraction of sp³-hybridized carbons (Fsp3) is 0.818. The van der Waals surface area contributed by atoms with Crippen molar-refractivity contribution in [1.82, 2.24) is 0 Å². The molecule has 1 aliphatic heterocycles. The zero-order valence-electron chi connectivity index (χ0n) is 10.5. The lowest BCUT2D eigenvalue weighted by Gasteiger charge is -1.96. The smallest absolute Gasteiger partial charge is 0.305 e. The Morgan fingerprint density at radius 2 is 1.78 bits per heavy atom. The predicted molar refractivity (Wildman–Crippen MR) is 62.9 cm³/mol. The molecule has 18 heavy (non-hydrogen) atoms. The van der Waals surface area contributed by atoms with E-state index in [4.69, 9.17) is 30.0 Å². The monoisotopic (exact) mass is 266 g/mol. The van der Waals surface area contributed by atoms with Crippen LogP contribution in [0.1, 0.15) is 32.6 Å². The van der Waals surface area contributed by atoms with Crippen molar-refractivity contribution in [1.29, 1.82) is 0 Å². The first kappa shape index (κ1) is 19.2. The van der Waals surface area contributed by atoms with Gasteiger partial charge in [-0.25, -0.2) is 0 Å². The quantitative estimate of drug-likeness (QED) is 0.498. The summed E-state index contributed by atoms with van der Waals surface area (Å²) in [6, 6.07) is 0. The molecule has 0 aromatic rings. The zero-order valence-corrected chi connectivity index (χ0v) is 10.5. The topological polar surface area (TPSA) is 124 Å². The molecule has 1 rings (SSSR count). The first-order chi connectivity index (χ1) is 8.43. The van der Waals surface area contributed by atoms with Gasteiger partial charge in [0.1, 0.15) is 6.10 Å². The Morgan fingerprint density at radius 3 is 2.17 bits per heavy atom. The lowest BCUT2D eigenvalue weighted by atomic mass is 10.2. The summed E-state index contributed by atoms with van der Waals surface area (Å²) in [6.07, 6.45) is 2.88. The zero-order chi connectivity index (χ0) is 14.4. The molecule has 0 aromatic carbocycles. The molecule has 1 heterocycles. The molecule has 4 N–H and O–H groups in total. The second kappa shape index (κ2) is 13.9. The van der Waals surface area contributed by atoms with Gasteiger partial charge < -0.3 is 25.2 Å². The number of aliphatic hydroxyl groups is 3. The van der Waals surface area contributed by atoms with E-state index in [2.05, 4.69) is 0 Å². The van der Waals surface area contributed by atoms with Crippen molar-refractivity contribution in [3.8, 4) is 0 Å². The van der Waals surface area contributed by atoms with E-state index in [-0.39, 0.29) is 19.2 Å². The van der Waals surface area contributed by atoms with Crippen LogP contribution in [0.2, 0.25) is 0 Å². The molecular weight excluding hydrogens is 244 g/mol. The Labute approximate surface area is 106 Å². The molecule has 0 spiro atoms. The van der Waals surface area contributed by atoms with E-state index in [0.717, 1.165) is 26.2 Å². The Bertz CT molecular complexity index is 199. The van der Waals surface area contributed by atoms with Crippen molar-refractivity contribution in [3.63, 3.8) is 0 Å². The van der Waals surface area contributed by atoms with E-state index < -0.39 is 12.1 Å². The van der Waals surface area contributed by atoms with E-state index >= 15 is 0 Å². The van der Waals surface area contributed by atoms with Gasteiger partial charge in [0.25, 0.3) is 5.97 Å². The third kappa shape index (κ3) is 20.3. The van der Waals surface area contributed by atoms with Crippen molar-refractivity contribution in [2.24, 2.45) is 0 Å². The maximum absolute atomic E-state index is 10.5. The van der Waals surface area contributed by atoms with Gasteiger partial charge in [0.2, 0.25) is 0 Å². The minimum absolute atomic E-state index is 0.0255. The summed E-state index contributed by atoms with van der Waals surface area (Å²) in [5.41, 5.74) is 0. The molecule has 1 saturated heterocycles.